The summed E-state index contributed by atoms with van der Waals surface area (Å²) in [6.45, 7) is 9.17. The third-order valence-electron chi connectivity index (χ3n) is 4.15. The molecule has 1 N–H and O–H groups in total. The summed E-state index contributed by atoms with van der Waals surface area (Å²) < 4.78 is 4.97. The highest BCUT2D eigenvalue weighted by atomic mass is 16.5. The minimum Gasteiger partial charge on any atom is -0.461 e. The minimum absolute atomic E-state index is 0.0512. The molecule has 0 aromatic heterocycles. The smallest absolute Gasteiger partial charge is 0.354 e. The molecule has 0 radical (unpaired) electrons. The van der Waals surface area contributed by atoms with Gasteiger partial charge in [-0.05, 0) is 26.0 Å². The second kappa shape index (κ2) is 6.36. The van der Waals surface area contributed by atoms with Crippen LogP contribution in [0.5, 0.6) is 0 Å². The summed E-state index contributed by atoms with van der Waals surface area (Å²) in [7, 11) is 0. The van der Waals surface area contributed by atoms with Crippen LogP contribution < -0.4 is 0 Å². The van der Waals surface area contributed by atoms with Gasteiger partial charge in [0, 0.05) is 17.4 Å². The predicted molar refractivity (Wildman–Crippen MR) is 90.4 cm³/mol. The van der Waals surface area contributed by atoms with E-state index < -0.39 is 23.0 Å². The normalized spacial score (nSPS) is 20.8. The van der Waals surface area contributed by atoms with Crippen molar-refractivity contribution in [1.82, 2.24) is 5.01 Å². The molecule has 1 aliphatic heterocycles. The van der Waals surface area contributed by atoms with Crippen LogP contribution in [-0.4, -0.2) is 40.0 Å². The van der Waals surface area contributed by atoms with Crippen molar-refractivity contribution in [3.8, 4) is 0 Å². The first-order valence-electron chi connectivity index (χ1n) is 7.98. The minimum atomic E-state index is -1.60. The molecule has 1 aliphatic rings. The van der Waals surface area contributed by atoms with Crippen molar-refractivity contribution in [1.29, 1.82) is 0 Å². The van der Waals surface area contributed by atoms with Gasteiger partial charge in [-0.15, -0.1) is 0 Å². The molecule has 6 nitrogen and oxygen atoms in total. The van der Waals surface area contributed by atoms with Crippen LogP contribution in [0.15, 0.2) is 29.4 Å². The van der Waals surface area contributed by atoms with Gasteiger partial charge in [0.25, 0.3) is 5.91 Å². The second-order valence-electron chi connectivity index (χ2n) is 7.00. The van der Waals surface area contributed by atoms with Crippen LogP contribution in [0.4, 0.5) is 0 Å². The number of esters is 1. The third-order valence-corrected chi connectivity index (χ3v) is 4.15. The lowest BCUT2D eigenvalue weighted by molar-refractivity contribution is -0.144. The van der Waals surface area contributed by atoms with Gasteiger partial charge in [-0.1, -0.05) is 38.5 Å². The number of aliphatic hydroxyl groups is 1. The molecule has 0 bridgehead atoms. The van der Waals surface area contributed by atoms with Crippen molar-refractivity contribution in [2.45, 2.75) is 46.8 Å². The monoisotopic (exact) mass is 332 g/mol. The van der Waals surface area contributed by atoms with Crippen molar-refractivity contribution in [3.63, 3.8) is 0 Å². The number of aryl methyl sites for hydroxylation is 1. The molecule has 2 rings (SSSR count). The Bertz CT molecular complexity index is 691. The van der Waals surface area contributed by atoms with Crippen LogP contribution >= 0.6 is 0 Å². The fourth-order valence-electron chi connectivity index (χ4n) is 2.57. The van der Waals surface area contributed by atoms with Crippen molar-refractivity contribution >= 4 is 17.6 Å². The maximum Gasteiger partial charge on any atom is 0.354 e. The Hall–Kier alpha value is -2.21. The van der Waals surface area contributed by atoms with E-state index in [-0.39, 0.29) is 18.7 Å². The molecule has 1 amide bonds. The van der Waals surface area contributed by atoms with Gasteiger partial charge in [0.05, 0.1) is 6.61 Å². The average molecular weight is 332 g/mol. The lowest BCUT2D eigenvalue weighted by Gasteiger charge is -2.41. The number of carbonyl (C=O) groups is 2. The van der Waals surface area contributed by atoms with Crippen molar-refractivity contribution in [2.24, 2.45) is 10.5 Å². The van der Waals surface area contributed by atoms with Crippen molar-refractivity contribution in [2.75, 3.05) is 6.61 Å². The largest absolute Gasteiger partial charge is 0.461 e. The Morgan fingerprint density at radius 2 is 2.04 bits per heavy atom. The predicted octanol–water partition coefficient (Wildman–Crippen LogP) is 2.49. The Balaban J connectivity index is 2.45. The number of amides is 1. The van der Waals surface area contributed by atoms with E-state index in [1.165, 1.54) is 0 Å². The number of rotatable bonds is 3. The van der Waals surface area contributed by atoms with Crippen LogP contribution in [0.1, 0.15) is 50.0 Å². The van der Waals surface area contributed by atoms with E-state index in [4.69, 9.17) is 4.74 Å². The maximum atomic E-state index is 12.9. The maximum absolute atomic E-state index is 12.9. The summed E-state index contributed by atoms with van der Waals surface area (Å²) in [5, 5.41) is 16.3. The number of hydrazone groups is 1. The summed E-state index contributed by atoms with van der Waals surface area (Å²) in [5.41, 5.74) is -0.920. The van der Waals surface area contributed by atoms with Crippen LogP contribution in [-0.2, 0) is 9.53 Å². The lowest BCUT2D eigenvalue weighted by atomic mass is 9.80. The Kier molecular flexibility index (Phi) is 4.80. The van der Waals surface area contributed by atoms with E-state index in [2.05, 4.69) is 5.10 Å². The number of hydrogen-bond acceptors (Lipinski definition) is 5. The summed E-state index contributed by atoms with van der Waals surface area (Å²) >= 11 is 0. The molecular weight excluding hydrogens is 308 g/mol. The number of benzene rings is 1. The Labute approximate surface area is 142 Å². The van der Waals surface area contributed by atoms with Gasteiger partial charge in [-0.25, -0.2) is 4.79 Å². The zero-order chi connectivity index (χ0) is 18.1. The molecule has 1 atom stereocenters. The Morgan fingerprint density at radius 1 is 1.38 bits per heavy atom. The van der Waals surface area contributed by atoms with Crippen LogP contribution in [0.25, 0.3) is 0 Å². The number of carbonyl (C=O) groups excluding carboxylic acids is 2. The zero-order valence-electron chi connectivity index (χ0n) is 14.8. The van der Waals surface area contributed by atoms with E-state index in [1.807, 2.05) is 13.0 Å². The van der Waals surface area contributed by atoms with Gasteiger partial charge in [0.1, 0.15) is 0 Å². The first kappa shape index (κ1) is 18.1. The standard InChI is InChI=1S/C18H24N2O4/c1-6-24-16(22)14-11-18(23,17(3,4)5)20(19-14)15(21)13-9-7-8-12(2)10-13/h7-10,23H,6,11H2,1-5H3/t18-/m1/s1. The van der Waals surface area contributed by atoms with Crippen molar-refractivity contribution < 1.29 is 19.4 Å². The topological polar surface area (TPSA) is 79.2 Å². The fourth-order valence-corrected chi connectivity index (χ4v) is 2.57. The van der Waals surface area contributed by atoms with Crippen LogP contribution in [0.2, 0.25) is 0 Å². The highest BCUT2D eigenvalue weighted by Crippen LogP contribution is 2.41. The molecule has 1 aromatic rings. The van der Waals surface area contributed by atoms with E-state index in [1.54, 1.807) is 45.9 Å². The third kappa shape index (κ3) is 3.19. The van der Waals surface area contributed by atoms with E-state index in [9.17, 15) is 14.7 Å². The van der Waals surface area contributed by atoms with Crippen LogP contribution in [0.3, 0.4) is 0 Å². The summed E-state index contributed by atoms with van der Waals surface area (Å²) in [6.07, 6.45) is -0.0626. The number of hydrogen-bond donors (Lipinski definition) is 1. The van der Waals surface area contributed by atoms with Gasteiger partial charge < -0.3 is 9.84 Å². The quantitative estimate of drug-likeness (QED) is 0.863. The summed E-state index contributed by atoms with van der Waals surface area (Å²) in [5.74, 6) is -1.06. The molecule has 1 aromatic carbocycles. The van der Waals surface area contributed by atoms with Gasteiger partial charge >= 0.3 is 5.97 Å². The highest BCUT2D eigenvalue weighted by molar-refractivity contribution is 6.37. The van der Waals surface area contributed by atoms with E-state index in [0.717, 1.165) is 10.6 Å². The first-order chi connectivity index (χ1) is 11.1. The molecule has 0 saturated heterocycles. The molecule has 6 heteroatoms. The fraction of sp³-hybridized carbons (Fsp3) is 0.500. The second-order valence-corrected chi connectivity index (χ2v) is 7.00. The van der Waals surface area contributed by atoms with E-state index in [0.29, 0.717) is 5.56 Å². The molecule has 0 saturated carbocycles. The first-order valence-corrected chi connectivity index (χ1v) is 7.98. The molecule has 0 spiro atoms. The zero-order valence-corrected chi connectivity index (χ0v) is 14.8. The Morgan fingerprint density at radius 3 is 2.58 bits per heavy atom. The van der Waals surface area contributed by atoms with Gasteiger partial charge in [0.2, 0.25) is 0 Å². The van der Waals surface area contributed by atoms with Crippen molar-refractivity contribution in [3.05, 3.63) is 35.4 Å². The van der Waals surface area contributed by atoms with Crippen LogP contribution in [0, 0.1) is 12.3 Å². The lowest BCUT2D eigenvalue weighted by Crippen LogP contribution is -2.55. The molecule has 0 unspecified atom stereocenters. The highest BCUT2D eigenvalue weighted by Gasteiger charge is 2.54. The molecule has 1 heterocycles. The van der Waals surface area contributed by atoms with Gasteiger partial charge in [-0.3, -0.25) is 4.79 Å². The molecule has 130 valence electrons. The molecule has 0 fully saturated rings. The average Bonchev–Trinajstić information content (AvgIpc) is 2.86. The van der Waals surface area contributed by atoms with E-state index >= 15 is 0 Å². The summed E-state index contributed by atoms with van der Waals surface area (Å²) in [4.78, 5) is 24.9. The molecule has 0 aliphatic carbocycles. The SMILES string of the molecule is CCOC(=O)C1=NN(C(=O)c2cccc(C)c2)[C@](O)(C(C)(C)C)C1. The molecule has 24 heavy (non-hydrogen) atoms. The molecular formula is C18H24N2O4. The van der Waals surface area contributed by atoms with Gasteiger partial charge in [-0.2, -0.15) is 10.1 Å². The number of ether oxygens (including phenoxy) is 1. The number of nitrogens with zero attached hydrogens (tertiary/aromatic N) is 2. The van der Waals surface area contributed by atoms with Gasteiger partial charge in [0.15, 0.2) is 11.4 Å². The summed E-state index contributed by atoms with van der Waals surface area (Å²) in [6, 6.07) is 7.04.